The van der Waals surface area contributed by atoms with Crippen LogP contribution in [-0.4, -0.2) is 59.5 Å². The van der Waals surface area contributed by atoms with Gasteiger partial charge in [0.1, 0.15) is 35.4 Å². The summed E-state index contributed by atoms with van der Waals surface area (Å²) in [5.74, 6) is -1.88. The predicted octanol–water partition coefficient (Wildman–Crippen LogP) is 6.51. The van der Waals surface area contributed by atoms with Crippen molar-refractivity contribution in [1.29, 1.82) is 0 Å². The van der Waals surface area contributed by atoms with Gasteiger partial charge in [-0.25, -0.2) is 18.7 Å². The van der Waals surface area contributed by atoms with E-state index < -0.39 is 17.7 Å². The van der Waals surface area contributed by atoms with Gasteiger partial charge in [0.15, 0.2) is 0 Å². The SMILES string of the molecule is C=CC(=O)N1Cc2cc(-c3nc(-c4ccc5c(c4)ncn5C)c4ccsc4c3-c3c(F)cc(F)cc3OC[C@@H](C)O)nn2[C@@H](C)C1. The number of hydrogen-bond donors (Lipinski definition) is 1. The van der Waals surface area contributed by atoms with Gasteiger partial charge in [-0.15, -0.1) is 11.3 Å². The highest BCUT2D eigenvalue weighted by Crippen LogP contribution is 2.47. The lowest BCUT2D eigenvalue weighted by atomic mass is 9.96. The highest BCUT2D eigenvalue weighted by molar-refractivity contribution is 7.18. The van der Waals surface area contributed by atoms with E-state index in [9.17, 15) is 14.3 Å². The first-order valence-corrected chi connectivity index (χ1v) is 15.6. The lowest BCUT2D eigenvalue weighted by Crippen LogP contribution is -2.39. The third-order valence-electron chi connectivity index (χ3n) is 8.15. The molecule has 1 N–H and O–H groups in total. The minimum atomic E-state index is -0.870. The van der Waals surface area contributed by atoms with E-state index in [-0.39, 0.29) is 29.9 Å². The molecule has 9 nitrogen and oxygen atoms in total. The van der Waals surface area contributed by atoms with Crippen LogP contribution in [0.1, 0.15) is 25.6 Å². The Morgan fingerprint density at radius 3 is 2.80 bits per heavy atom. The van der Waals surface area contributed by atoms with E-state index in [1.165, 1.54) is 24.3 Å². The van der Waals surface area contributed by atoms with E-state index in [4.69, 9.17) is 14.8 Å². The van der Waals surface area contributed by atoms with E-state index in [1.807, 2.05) is 58.9 Å². The molecule has 2 atom stereocenters. The number of hydrogen-bond acceptors (Lipinski definition) is 7. The number of benzene rings is 2. The van der Waals surface area contributed by atoms with Gasteiger partial charge in [-0.1, -0.05) is 12.6 Å². The zero-order valence-electron chi connectivity index (χ0n) is 25.4. The molecule has 2 aromatic carbocycles. The van der Waals surface area contributed by atoms with E-state index in [0.717, 1.165) is 39.8 Å². The molecule has 0 bridgehead atoms. The summed E-state index contributed by atoms with van der Waals surface area (Å²) in [4.78, 5) is 23.9. The first-order valence-electron chi connectivity index (χ1n) is 14.8. The lowest BCUT2D eigenvalue weighted by molar-refractivity contribution is -0.127. The van der Waals surface area contributed by atoms with Gasteiger partial charge < -0.3 is 19.3 Å². The molecule has 46 heavy (non-hydrogen) atoms. The Morgan fingerprint density at radius 2 is 2.02 bits per heavy atom. The quantitative estimate of drug-likeness (QED) is 0.200. The van der Waals surface area contributed by atoms with Crippen molar-refractivity contribution in [2.75, 3.05) is 13.2 Å². The fourth-order valence-corrected chi connectivity index (χ4v) is 7.01. The maximum Gasteiger partial charge on any atom is 0.246 e. The molecule has 0 saturated heterocycles. The monoisotopic (exact) mass is 640 g/mol. The summed E-state index contributed by atoms with van der Waals surface area (Å²) in [7, 11) is 1.93. The second-order valence-corrected chi connectivity index (χ2v) is 12.5. The average Bonchev–Trinajstić information content (AvgIpc) is 3.78. The Morgan fingerprint density at radius 1 is 1.20 bits per heavy atom. The number of nitrogens with zero attached hydrogens (tertiary/aromatic N) is 6. The molecule has 6 aromatic rings. The number of fused-ring (bicyclic) bond motifs is 3. The van der Waals surface area contributed by atoms with Gasteiger partial charge in [0.05, 0.1) is 53.0 Å². The van der Waals surface area contributed by atoms with E-state index >= 15 is 4.39 Å². The summed E-state index contributed by atoms with van der Waals surface area (Å²) in [6.07, 6.45) is 2.17. The van der Waals surface area contributed by atoms with Crippen LogP contribution in [0.3, 0.4) is 0 Å². The first kappa shape index (κ1) is 29.8. The molecule has 5 heterocycles. The van der Waals surface area contributed by atoms with Gasteiger partial charge in [-0.05, 0) is 49.6 Å². The van der Waals surface area contributed by atoms with Gasteiger partial charge >= 0.3 is 0 Å². The number of aliphatic hydroxyl groups is 1. The standard InChI is InChI=1S/C34H30F2N6O3S/c1-5-29(44)41-14-18(2)42-22(15-41)13-26(39-42)33-31(30-24(36)11-21(35)12-28(30)45-16-19(3)43)34-23(8-9-46-34)32(38-33)20-6-7-27-25(10-20)37-17-40(27)4/h5-13,17-19,43H,1,14-16H2,2-4H3/t18-,19+/m0/s1. The van der Waals surface area contributed by atoms with Crippen molar-refractivity contribution in [3.63, 3.8) is 0 Å². The minimum absolute atomic E-state index is 0.0196. The summed E-state index contributed by atoms with van der Waals surface area (Å²) < 4.78 is 40.9. The van der Waals surface area contributed by atoms with Gasteiger partial charge in [0, 0.05) is 46.9 Å². The fraction of sp³-hybridized carbons (Fsp3) is 0.235. The predicted molar refractivity (Wildman–Crippen MR) is 173 cm³/mol. The van der Waals surface area contributed by atoms with Crippen molar-refractivity contribution in [2.45, 2.75) is 32.5 Å². The molecule has 0 aliphatic carbocycles. The number of amides is 1. The lowest BCUT2D eigenvalue weighted by Gasteiger charge is -2.31. The van der Waals surface area contributed by atoms with Gasteiger partial charge in [-0.3, -0.25) is 9.48 Å². The van der Waals surface area contributed by atoms with Crippen LogP contribution in [0.2, 0.25) is 0 Å². The number of pyridine rings is 1. The second-order valence-electron chi connectivity index (χ2n) is 11.6. The Hall–Kier alpha value is -4.94. The molecular weight excluding hydrogens is 610 g/mol. The molecular formula is C34H30F2N6O3S. The van der Waals surface area contributed by atoms with Crippen LogP contribution in [-0.2, 0) is 18.4 Å². The number of rotatable bonds is 7. The number of aryl methyl sites for hydroxylation is 1. The molecule has 0 saturated carbocycles. The van der Waals surface area contributed by atoms with Crippen molar-refractivity contribution in [1.82, 2.24) is 29.2 Å². The van der Waals surface area contributed by atoms with E-state index in [0.29, 0.717) is 40.4 Å². The molecule has 12 heteroatoms. The fourth-order valence-electron chi connectivity index (χ4n) is 6.06. The van der Waals surface area contributed by atoms with Crippen molar-refractivity contribution >= 4 is 38.4 Å². The number of aliphatic hydroxyl groups excluding tert-OH is 1. The smallest absolute Gasteiger partial charge is 0.246 e. The molecule has 7 rings (SSSR count). The average molecular weight is 641 g/mol. The Kier molecular flexibility index (Phi) is 7.41. The van der Waals surface area contributed by atoms with Crippen LogP contribution in [0.25, 0.3) is 54.9 Å². The number of ether oxygens (including phenoxy) is 1. The molecule has 1 amide bonds. The molecule has 0 radical (unpaired) electrons. The maximum absolute atomic E-state index is 16.0. The first-order chi connectivity index (χ1) is 22.1. The zero-order valence-corrected chi connectivity index (χ0v) is 26.2. The number of imidazole rings is 1. The van der Waals surface area contributed by atoms with Crippen molar-refractivity contribution in [3.8, 4) is 39.5 Å². The number of thiophene rings is 1. The number of carbonyl (C=O) groups excluding carboxylic acids is 1. The van der Waals surface area contributed by atoms with Crippen molar-refractivity contribution in [3.05, 3.63) is 84.2 Å². The van der Waals surface area contributed by atoms with Crippen LogP contribution in [0.4, 0.5) is 8.78 Å². The zero-order chi connectivity index (χ0) is 32.3. The summed E-state index contributed by atoms with van der Waals surface area (Å²) in [5.41, 5.74) is 5.26. The van der Waals surface area contributed by atoms with Gasteiger partial charge in [0.25, 0.3) is 0 Å². The van der Waals surface area contributed by atoms with Crippen LogP contribution in [0, 0.1) is 11.6 Å². The minimum Gasteiger partial charge on any atom is -0.490 e. The summed E-state index contributed by atoms with van der Waals surface area (Å²) in [6, 6.07) is 11.5. The number of aromatic nitrogens is 5. The number of halogens is 2. The normalized spacial score (nSPS) is 15.3. The largest absolute Gasteiger partial charge is 0.490 e. The second kappa shape index (κ2) is 11.5. The van der Waals surface area contributed by atoms with E-state index in [1.54, 1.807) is 11.2 Å². The maximum atomic E-state index is 16.0. The van der Waals surface area contributed by atoms with Crippen LogP contribution >= 0.6 is 11.3 Å². The highest BCUT2D eigenvalue weighted by atomic mass is 32.1. The van der Waals surface area contributed by atoms with Gasteiger partial charge in [0.2, 0.25) is 5.91 Å². The summed E-state index contributed by atoms with van der Waals surface area (Å²) >= 11 is 1.40. The molecule has 4 aromatic heterocycles. The highest BCUT2D eigenvalue weighted by Gasteiger charge is 2.30. The molecule has 234 valence electrons. The number of carbonyl (C=O) groups is 1. The molecule has 1 aliphatic rings. The Labute approximate surface area is 267 Å². The topological polar surface area (TPSA) is 98.3 Å². The molecule has 0 unspecified atom stereocenters. The van der Waals surface area contributed by atoms with Crippen LogP contribution in [0.5, 0.6) is 5.75 Å². The van der Waals surface area contributed by atoms with Crippen molar-refractivity contribution < 1.29 is 23.4 Å². The third kappa shape index (κ3) is 5.03. The Bertz CT molecular complexity index is 2170. The molecule has 0 fully saturated rings. The third-order valence-corrected chi connectivity index (χ3v) is 9.08. The van der Waals surface area contributed by atoms with Crippen molar-refractivity contribution in [2.24, 2.45) is 7.05 Å². The Balaban J connectivity index is 1.51. The molecule has 0 spiro atoms. The van der Waals surface area contributed by atoms with E-state index in [2.05, 4.69) is 11.6 Å². The van der Waals surface area contributed by atoms with Crippen LogP contribution in [0.15, 0.2) is 66.8 Å². The summed E-state index contributed by atoms with van der Waals surface area (Å²) in [5, 5.41) is 17.6. The van der Waals surface area contributed by atoms with Gasteiger partial charge in [-0.2, -0.15) is 5.10 Å². The molecule has 1 aliphatic heterocycles. The summed E-state index contributed by atoms with van der Waals surface area (Å²) in [6.45, 7) is 7.72. The van der Waals surface area contributed by atoms with Crippen LogP contribution < -0.4 is 4.74 Å².